The normalized spacial score (nSPS) is 27.6. The summed E-state index contributed by atoms with van der Waals surface area (Å²) in [6, 6.07) is 7.05. The highest BCUT2D eigenvalue weighted by Crippen LogP contribution is 2.48. The van der Waals surface area contributed by atoms with Gasteiger partial charge in [0.05, 0.1) is 23.0 Å². The number of fused-ring (bicyclic) bond motifs is 2. The molecule has 0 bridgehead atoms. The number of hydrogen-bond acceptors (Lipinski definition) is 4. The molecular weight excluding hydrogens is 465 g/mol. The third-order valence-corrected chi connectivity index (χ3v) is 9.24. The Balaban J connectivity index is 1.29. The number of pyridine rings is 1. The predicted octanol–water partition coefficient (Wildman–Crippen LogP) is 4.81. The lowest BCUT2D eigenvalue weighted by Gasteiger charge is -2.35. The molecule has 0 spiro atoms. The van der Waals surface area contributed by atoms with E-state index < -0.39 is 5.82 Å². The fourth-order valence-corrected chi connectivity index (χ4v) is 7.04. The number of amides is 1. The number of hydrogen-bond donors (Lipinski definition) is 1. The van der Waals surface area contributed by atoms with Gasteiger partial charge in [0.1, 0.15) is 5.82 Å². The van der Waals surface area contributed by atoms with E-state index in [0.717, 1.165) is 23.3 Å². The van der Waals surface area contributed by atoms with Crippen LogP contribution in [0.5, 0.6) is 0 Å². The molecule has 2 atom stereocenters. The van der Waals surface area contributed by atoms with Crippen molar-refractivity contribution in [1.29, 1.82) is 0 Å². The Morgan fingerprint density at radius 3 is 2.57 bits per heavy atom. The summed E-state index contributed by atoms with van der Waals surface area (Å²) in [7, 11) is 1.77. The van der Waals surface area contributed by atoms with Crippen LogP contribution < -0.4 is 5.73 Å². The SMILES string of the molecule is CC(C)N(C)C(=O)c1cc(F)ccc1-n1cc(C2CC3CN(C[C@H]4C[C@H](N)C4)CC3C2)c2ccncc21. The zero-order valence-electron chi connectivity index (χ0n) is 22.1. The van der Waals surface area contributed by atoms with Crippen LogP contribution in [-0.2, 0) is 0 Å². The topological polar surface area (TPSA) is 67.4 Å². The zero-order chi connectivity index (χ0) is 25.8. The van der Waals surface area contributed by atoms with Crippen molar-refractivity contribution in [3.05, 3.63) is 59.8 Å². The molecule has 37 heavy (non-hydrogen) atoms. The predicted molar refractivity (Wildman–Crippen MR) is 144 cm³/mol. The van der Waals surface area contributed by atoms with Crippen LogP contribution in [0.4, 0.5) is 4.39 Å². The molecule has 2 aliphatic carbocycles. The van der Waals surface area contributed by atoms with Crippen molar-refractivity contribution in [2.45, 2.75) is 57.5 Å². The van der Waals surface area contributed by atoms with E-state index in [1.807, 2.05) is 26.2 Å². The van der Waals surface area contributed by atoms with E-state index in [1.54, 1.807) is 18.0 Å². The fourth-order valence-electron chi connectivity index (χ4n) is 7.04. The zero-order valence-corrected chi connectivity index (χ0v) is 22.1. The molecule has 6 nitrogen and oxygen atoms in total. The Hall–Kier alpha value is -2.77. The highest BCUT2D eigenvalue weighted by molar-refractivity contribution is 5.99. The lowest BCUT2D eigenvalue weighted by Crippen LogP contribution is -2.42. The summed E-state index contributed by atoms with van der Waals surface area (Å²) >= 11 is 0. The number of nitrogens with zero attached hydrogens (tertiary/aromatic N) is 4. The number of halogens is 1. The van der Waals surface area contributed by atoms with E-state index >= 15 is 0 Å². The van der Waals surface area contributed by atoms with Crippen LogP contribution in [0, 0.1) is 23.6 Å². The van der Waals surface area contributed by atoms with Gasteiger partial charge >= 0.3 is 0 Å². The summed E-state index contributed by atoms with van der Waals surface area (Å²) in [6.07, 6.45) is 10.6. The molecule has 196 valence electrons. The molecule has 2 aromatic heterocycles. The van der Waals surface area contributed by atoms with Gasteiger partial charge in [0.15, 0.2) is 0 Å². The van der Waals surface area contributed by atoms with E-state index in [1.165, 1.54) is 68.4 Å². The minimum atomic E-state index is -0.406. The number of carbonyl (C=O) groups is 1. The van der Waals surface area contributed by atoms with Gasteiger partial charge in [-0.1, -0.05) is 0 Å². The summed E-state index contributed by atoms with van der Waals surface area (Å²) in [5, 5.41) is 1.18. The maximum absolute atomic E-state index is 14.3. The van der Waals surface area contributed by atoms with Crippen LogP contribution in [0.3, 0.4) is 0 Å². The number of nitrogens with two attached hydrogens (primary N) is 1. The first-order valence-corrected chi connectivity index (χ1v) is 13.8. The van der Waals surface area contributed by atoms with Crippen molar-refractivity contribution in [1.82, 2.24) is 19.4 Å². The average molecular weight is 504 g/mol. The molecule has 3 fully saturated rings. The number of rotatable bonds is 6. The van der Waals surface area contributed by atoms with Crippen molar-refractivity contribution in [3.8, 4) is 5.69 Å². The highest BCUT2D eigenvalue weighted by atomic mass is 19.1. The van der Waals surface area contributed by atoms with Crippen LogP contribution in [-0.4, -0.2) is 64.0 Å². The highest BCUT2D eigenvalue weighted by Gasteiger charge is 2.43. The van der Waals surface area contributed by atoms with Gasteiger partial charge in [0.2, 0.25) is 0 Å². The molecule has 2 saturated carbocycles. The third kappa shape index (κ3) is 4.46. The standard InChI is InChI=1S/C30H38FN5O/c1-18(2)34(3)30(37)26-12-23(31)4-5-28(26)36-17-27(25-6-7-33-13-29(25)36)20-10-21-15-35(16-22(21)11-20)14-19-8-24(32)9-19/h4-7,12-13,17-22,24H,8-11,14-16,32H2,1-3H3/t19-,20?,21?,22?,24-. The first-order valence-electron chi connectivity index (χ1n) is 13.8. The van der Waals surface area contributed by atoms with E-state index in [-0.39, 0.29) is 11.9 Å². The van der Waals surface area contributed by atoms with Crippen molar-refractivity contribution in [2.75, 3.05) is 26.7 Å². The largest absolute Gasteiger partial charge is 0.339 e. The fraction of sp³-hybridized carbons (Fsp3) is 0.533. The molecule has 3 aliphatic rings. The van der Waals surface area contributed by atoms with E-state index in [4.69, 9.17) is 5.73 Å². The van der Waals surface area contributed by atoms with Crippen molar-refractivity contribution >= 4 is 16.8 Å². The number of aromatic nitrogens is 2. The van der Waals surface area contributed by atoms with E-state index in [9.17, 15) is 9.18 Å². The Kier molecular flexibility index (Phi) is 6.32. The van der Waals surface area contributed by atoms with Crippen LogP contribution in [0.1, 0.15) is 61.4 Å². The van der Waals surface area contributed by atoms with Crippen molar-refractivity contribution in [2.24, 2.45) is 23.5 Å². The lowest BCUT2D eigenvalue weighted by atomic mass is 9.80. The molecule has 2 unspecified atom stereocenters. The summed E-state index contributed by atoms with van der Waals surface area (Å²) in [5.41, 5.74) is 9.36. The number of carbonyl (C=O) groups excluding carboxylic acids is 1. The van der Waals surface area contributed by atoms with Crippen LogP contribution in [0.2, 0.25) is 0 Å². The molecule has 1 saturated heterocycles. The van der Waals surface area contributed by atoms with Gasteiger partial charge in [-0.15, -0.1) is 0 Å². The molecular formula is C30H38FN5O. The van der Waals surface area contributed by atoms with Crippen LogP contribution in [0.15, 0.2) is 42.9 Å². The summed E-state index contributed by atoms with van der Waals surface area (Å²) < 4.78 is 16.4. The van der Waals surface area contributed by atoms with Crippen LogP contribution in [0.25, 0.3) is 16.6 Å². The number of likely N-dealkylation sites (tertiary alicyclic amines) is 1. The second kappa shape index (κ2) is 9.52. The first kappa shape index (κ1) is 24.6. The Morgan fingerprint density at radius 2 is 1.89 bits per heavy atom. The van der Waals surface area contributed by atoms with Gasteiger partial charge in [0, 0.05) is 56.5 Å². The molecule has 3 heterocycles. The smallest absolute Gasteiger partial charge is 0.256 e. The Labute approximate surface area is 218 Å². The third-order valence-electron chi connectivity index (χ3n) is 9.24. The molecule has 6 rings (SSSR count). The molecule has 3 aromatic rings. The Bertz CT molecular complexity index is 1300. The molecule has 0 radical (unpaired) electrons. The molecule has 1 aromatic carbocycles. The van der Waals surface area contributed by atoms with Gasteiger partial charge in [-0.25, -0.2) is 4.39 Å². The van der Waals surface area contributed by atoms with Crippen molar-refractivity contribution < 1.29 is 9.18 Å². The molecule has 1 amide bonds. The maximum atomic E-state index is 14.3. The average Bonchev–Trinajstić information content (AvgIpc) is 3.53. The number of benzene rings is 1. The van der Waals surface area contributed by atoms with Gasteiger partial charge in [0.25, 0.3) is 5.91 Å². The second-order valence-corrected chi connectivity index (χ2v) is 12.0. The van der Waals surface area contributed by atoms with Crippen LogP contribution >= 0.6 is 0 Å². The Morgan fingerprint density at radius 1 is 1.16 bits per heavy atom. The molecule has 7 heteroatoms. The quantitative estimate of drug-likeness (QED) is 0.524. The molecule has 1 aliphatic heterocycles. The lowest BCUT2D eigenvalue weighted by molar-refractivity contribution is 0.0754. The minimum absolute atomic E-state index is 0.0146. The van der Waals surface area contributed by atoms with E-state index in [2.05, 4.69) is 26.7 Å². The second-order valence-electron chi connectivity index (χ2n) is 12.0. The monoisotopic (exact) mass is 503 g/mol. The minimum Gasteiger partial charge on any atom is -0.339 e. The molecule has 2 N–H and O–H groups in total. The maximum Gasteiger partial charge on any atom is 0.256 e. The first-order chi connectivity index (χ1) is 17.8. The summed E-state index contributed by atoms with van der Waals surface area (Å²) in [5.74, 6) is 2.16. The van der Waals surface area contributed by atoms with E-state index in [0.29, 0.717) is 23.2 Å². The van der Waals surface area contributed by atoms with Crippen molar-refractivity contribution in [3.63, 3.8) is 0 Å². The van der Waals surface area contributed by atoms with Gasteiger partial charge in [-0.05, 0) is 93.0 Å². The van der Waals surface area contributed by atoms with Gasteiger partial charge in [-0.2, -0.15) is 0 Å². The van der Waals surface area contributed by atoms with Gasteiger partial charge < -0.3 is 20.1 Å². The summed E-state index contributed by atoms with van der Waals surface area (Å²) in [4.78, 5) is 22.1. The summed E-state index contributed by atoms with van der Waals surface area (Å²) in [6.45, 7) is 7.53. The van der Waals surface area contributed by atoms with Gasteiger partial charge in [-0.3, -0.25) is 9.78 Å².